The van der Waals surface area contributed by atoms with Crippen LogP contribution in [0.25, 0.3) is 27.4 Å². The van der Waals surface area contributed by atoms with E-state index in [1.165, 1.54) is 0 Å². The number of pyridine rings is 2. The van der Waals surface area contributed by atoms with E-state index in [4.69, 9.17) is 16.5 Å². The molecule has 0 aliphatic rings. The lowest BCUT2D eigenvalue weighted by molar-refractivity contribution is 0.597. The molecule has 0 atom stereocenters. The van der Waals surface area contributed by atoms with Gasteiger partial charge in [0.25, 0.3) is 5.82 Å². The van der Waals surface area contributed by atoms with E-state index in [0.717, 1.165) is 11.4 Å². The lowest BCUT2D eigenvalue weighted by Gasteiger charge is -2.24. The maximum atomic E-state index is 9.46. The number of nitrogens with zero attached hydrogens (tertiary/aromatic N) is 8. The summed E-state index contributed by atoms with van der Waals surface area (Å²) in [7, 11) is 3.48. The van der Waals surface area contributed by atoms with Gasteiger partial charge in [-0.05, 0) is 38.1 Å². The highest BCUT2D eigenvalue weighted by atomic mass is 15.3. The Balaban J connectivity index is 1.78. The summed E-state index contributed by atoms with van der Waals surface area (Å²) in [6.45, 7) is 11.5. The predicted molar refractivity (Wildman–Crippen MR) is 116 cm³/mol. The van der Waals surface area contributed by atoms with Crippen LogP contribution in [0.2, 0.25) is 0 Å². The number of aromatic nitrogens is 6. The van der Waals surface area contributed by atoms with E-state index in [-0.39, 0.29) is 0 Å². The van der Waals surface area contributed by atoms with Crippen LogP contribution in [0, 0.1) is 17.9 Å². The Bertz CT molecular complexity index is 1260. The van der Waals surface area contributed by atoms with Crippen molar-refractivity contribution in [1.82, 2.24) is 29.5 Å². The van der Waals surface area contributed by atoms with Crippen molar-refractivity contribution in [1.29, 1.82) is 5.26 Å². The van der Waals surface area contributed by atoms with Crippen molar-refractivity contribution in [2.24, 2.45) is 14.1 Å². The summed E-state index contributed by atoms with van der Waals surface area (Å²) in [4.78, 5) is 13.3. The summed E-state index contributed by atoms with van der Waals surface area (Å²) in [5.41, 5.74) is 4.37. The van der Waals surface area contributed by atoms with Gasteiger partial charge in [-0.15, -0.1) is 5.10 Å². The summed E-state index contributed by atoms with van der Waals surface area (Å²) in [5, 5.41) is 17.8. The molecular weight excluding hydrogens is 388 g/mol. The van der Waals surface area contributed by atoms with E-state index >= 15 is 0 Å². The molecule has 4 aromatic heterocycles. The average Bonchev–Trinajstić information content (AvgIpc) is 3.35. The first-order valence-electron chi connectivity index (χ1n) is 9.64. The molecule has 8 nitrogen and oxygen atoms in total. The maximum absolute atomic E-state index is 9.46. The zero-order valence-corrected chi connectivity index (χ0v) is 17.7. The molecule has 0 aliphatic heterocycles. The van der Waals surface area contributed by atoms with Crippen LogP contribution in [0.15, 0.2) is 48.8 Å². The molecule has 4 heterocycles. The van der Waals surface area contributed by atoms with Crippen molar-refractivity contribution in [3.63, 3.8) is 0 Å². The molecule has 4 rings (SSSR count). The molecule has 152 valence electrons. The quantitative estimate of drug-likeness (QED) is 0.476. The van der Waals surface area contributed by atoms with Crippen LogP contribution in [0.3, 0.4) is 0 Å². The maximum Gasteiger partial charge on any atom is 0.261 e. The normalized spacial score (nSPS) is 11.2. The first-order valence-corrected chi connectivity index (χ1v) is 9.64. The summed E-state index contributed by atoms with van der Waals surface area (Å²) in [6.07, 6.45) is 3.32. The van der Waals surface area contributed by atoms with Crippen molar-refractivity contribution in [2.75, 3.05) is 0 Å². The van der Waals surface area contributed by atoms with E-state index in [0.29, 0.717) is 34.0 Å². The fourth-order valence-electron chi connectivity index (χ4n) is 3.50. The van der Waals surface area contributed by atoms with Crippen molar-refractivity contribution in [2.45, 2.75) is 19.3 Å². The molecule has 0 aliphatic carbocycles. The molecule has 0 aromatic carbocycles. The van der Waals surface area contributed by atoms with E-state index in [9.17, 15) is 5.26 Å². The van der Waals surface area contributed by atoms with E-state index in [2.05, 4.69) is 35.0 Å². The zero-order valence-electron chi connectivity index (χ0n) is 17.7. The number of hydrogen-bond acceptors (Lipinski definition) is 5. The monoisotopic (exact) mass is 408 g/mol. The molecule has 0 spiro atoms. The Morgan fingerprint density at radius 1 is 0.903 bits per heavy atom. The lowest BCUT2D eigenvalue weighted by Crippen LogP contribution is -2.22. The molecule has 31 heavy (non-hydrogen) atoms. The third kappa shape index (κ3) is 3.34. The van der Waals surface area contributed by atoms with Crippen LogP contribution in [-0.4, -0.2) is 29.5 Å². The topological polar surface area (TPSA) is 89.6 Å². The van der Waals surface area contributed by atoms with E-state index < -0.39 is 5.41 Å². The van der Waals surface area contributed by atoms with Crippen LogP contribution in [0.5, 0.6) is 0 Å². The lowest BCUT2D eigenvalue weighted by atomic mass is 9.84. The van der Waals surface area contributed by atoms with E-state index in [1.807, 2.05) is 36.4 Å². The Kier molecular flexibility index (Phi) is 4.84. The van der Waals surface area contributed by atoms with Gasteiger partial charge in [-0.3, -0.25) is 14.6 Å². The second kappa shape index (κ2) is 7.51. The molecule has 0 N–H and O–H groups in total. The molecular formula is C23H20N8. The van der Waals surface area contributed by atoms with Gasteiger partial charge in [-0.1, -0.05) is 18.7 Å². The summed E-state index contributed by atoms with van der Waals surface area (Å²) < 4.78 is 3.09. The molecule has 0 saturated heterocycles. The molecule has 0 fully saturated rings. The van der Waals surface area contributed by atoms with Crippen LogP contribution in [0.1, 0.15) is 30.9 Å². The summed E-state index contributed by atoms with van der Waals surface area (Å²) >= 11 is 0. The largest absolute Gasteiger partial charge is 0.362 e. The highest BCUT2D eigenvalue weighted by Crippen LogP contribution is 2.34. The summed E-state index contributed by atoms with van der Waals surface area (Å²) in [5.74, 6) is 0.447. The SMILES string of the molecule is [C-]#[N+]c1c(-c2cccc(C(C)(C)c3cccc(-c4cnn(C)c4C#N)n3)n2)cnn1C. The van der Waals surface area contributed by atoms with Gasteiger partial charge in [-0.2, -0.15) is 10.4 Å². The molecule has 8 heteroatoms. The molecule has 0 unspecified atom stereocenters. The zero-order chi connectivity index (χ0) is 22.2. The second-order valence-electron chi connectivity index (χ2n) is 7.70. The molecule has 0 saturated carbocycles. The highest BCUT2D eigenvalue weighted by molar-refractivity contribution is 5.73. The minimum atomic E-state index is -0.512. The fraction of sp³-hybridized carbons (Fsp3) is 0.217. The van der Waals surface area contributed by atoms with Gasteiger partial charge in [-0.25, -0.2) is 4.68 Å². The van der Waals surface area contributed by atoms with Crippen molar-refractivity contribution >= 4 is 5.82 Å². The highest BCUT2D eigenvalue weighted by Gasteiger charge is 2.28. The van der Waals surface area contributed by atoms with Crippen molar-refractivity contribution < 1.29 is 0 Å². The first-order chi connectivity index (χ1) is 14.9. The van der Waals surface area contributed by atoms with Crippen LogP contribution < -0.4 is 0 Å². The third-order valence-electron chi connectivity index (χ3n) is 5.39. The number of rotatable bonds is 4. The van der Waals surface area contributed by atoms with Gasteiger partial charge in [0.05, 0.1) is 47.8 Å². The molecule has 4 aromatic rings. The Labute approximate surface area is 180 Å². The Morgan fingerprint density at radius 2 is 1.45 bits per heavy atom. The number of nitriles is 1. The minimum Gasteiger partial charge on any atom is -0.362 e. The van der Waals surface area contributed by atoms with Gasteiger partial charge < -0.3 is 4.85 Å². The van der Waals surface area contributed by atoms with Gasteiger partial charge in [0.1, 0.15) is 11.8 Å². The third-order valence-corrected chi connectivity index (χ3v) is 5.39. The number of aryl methyl sites for hydroxylation is 2. The fourth-order valence-corrected chi connectivity index (χ4v) is 3.50. The molecule has 0 amide bonds. The van der Waals surface area contributed by atoms with Crippen LogP contribution >= 0.6 is 0 Å². The minimum absolute atomic E-state index is 0.447. The van der Waals surface area contributed by atoms with Crippen molar-refractivity contribution in [3.8, 4) is 28.6 Å². The van der Waals surface area contributed by atoms with Gasteiger partial charge >= 0.3 is 0 Å². The summed E-state index contributed by atoms with van der Waals surface area (Å²) in [6, 6.07) is 13.7. The van der Waals surface area contributed by atoms with Gasteiger partial charge in [0, 0.05) is 18.0 Å². The Morgan fingerprint density at radius 3 is 2.03 bits per heavy atom. The van der Waals surface area contributed by atoms with Crippen LogP contribution in [0.4, 0.5) is 5.82 Å². The standard InChI is InChI=1S/C23H20N8/c1-23(2,20-10-6-8-17(28-20)15-13-26-30(4)19(15)12-24)21-11-7-9-18(29-21)16-14-27-31(5)22(16)25-3/h6-11,13-14H,1-2,4-5H3. The number of hydrogen-bond donors (Lipinski definition) is 0. The van der Waals surface area contributed by atoms with Crippen molar-refractivity contribution in [3.05, 3.63) is 77.3 Å². The van der Waals surface area contributed by atoms with E-state index in [1.54, 1.807) is 35.9 Å². The molecule has 0 bridgehead atoms. The first kappa shape index (κ1) is 20.0. The van der Waals surface area contributed by atoms with Gasteiger partial charge in [0.15, 0.2) is 0 Å². The predicted octanol–water partition coefficient (Wildman–Crippen LogP) is 4.03. The second-order valence-corrected chi connectivity index (χ2v) is 7.70. The average molecular weight is 408 g/mol. The molecule has 0 radical (unpaired) electrons. The van der Waals surface area contributed by atoms with Crippen LogP contribution in [-0.2, 0) is 19.5 Å². The van der Waals surface area contributed by atoms with Gasteiger partial charge in [0.2, 0.25) is 0 Å². The Hall–Kier alpha value is -4.30. The smallest absolute Gasteiger partial charge is 0.261 e.